The highest BCUT2D eigenvalue weighted by atomic mass is 19.1. The number of rotatable bonds is 7. The van der Waals surface area contributed by atoms with E-state index in [0.29, 0.717) is 17.9 Å². The van der Waals surface area contributed by atoms with E-state index in [2.05, 4.69) is 10.3 Å². The SMILES string of the molecule is COC(=O)N1CCO[C@@H](Cc2c(-c3c(F)cc(NC(=O)CC(C)C(=O)O)cc3F)nc3cc(C)ccn23)C1. The van der Waals surface area contributed by atoms with Crippen LogP contribution in [-0.4, -0.2) is 70.3 Å². The molecule has 0 bridgehead atoms. The van der Waals surface area contributed by atoms with Crippen molar-refractivity contribution in [3.05, 3.63) is 53.4 Å². The summed E-state index contributed by atoms with van der Waals surface area (Å²) in [6.07, 6.45) is 0.659. The summed E-state index contributed by atoms with van der Waals surface area (Å²) in [5.41, 5.74) is 1.43. The topological polar surface area (TPSA) is 122 Å². The number of carboxylic acids is 1. The second kappa shape index (κ2) is 11.1. The Morgan fingerprint density at radius 1 is 1.26 bits per heavy atom. The third kappa shape index (κ3) is 5.75. The van der Waals surface area contributed by atoms with E-state index >= 15 is 8.78 Å². The van der Waals surface area contributed by atoms with Crippen molar-refractivity contribution in [2.24, 2.45) is 5.92 Å². The molecule has 3 aromatic rings. The Hall–Kier alpha value is -4.06. The van der Waals surface area contributed by atoms with Crippen LogP contribution >= 0.6 is 0 Å². The number of aliphatic carboxylic acids is 1. The molecule has 2 atom stereocenters. The van der Waals surface area contributed by atoms with Gasteiger partial charge in [-0.3, -0.25) is 9.59 Å². The summed E-state index contributed by atoms with van der Waals surface area (Å²) in [7, 11) is 1.29. The molecule has 1 aromatic carbocycles. The van der Waals surface area contributed by atoms with E-state index < -0.39 is 41.6 Å². The van der Waals surface area contributed by atoms with Crippen LogP contribution in [0.5, 0.6) is 0 Å². The number of aryl methyl sites for hydroxylation is 1. The van der Waals surface area contributed by atoms with Gasteiger partial charge in [0.05, 0.1) is 49.2 Å². The van der Waals surface area contributed by atoms with Gasteiger partial charge in [0.15, 0.2) is 0 Å². The van der Waals surface area contributed by atoms with Crippen LogP contribution in [0.4, 0.5) is 19.3 Å². The van der Waals surface area contributed by atoms with Crippen molar-refractivity contribution in [2.45, 2.75) is 32.8 Å². The third-order valence-corrected chi connectivity index (χ3v) is 6.35. The highest BCUT2D eigenvalue weighted by Gasteiger charge is 2.29. The normalized spacial score (nSPS) is 16.3. The van der Waals surface area contributed by atoms with Crippen LogP contribution in [0.2, 0.25) is 0 Å². The Morgan fingerprint density at radius 3 is 2.63 bits per heavy atom. The van der Waals surface area contributed by atoms with Gasteiger partial charge in [-0.05, 0) is 36.8 Å². The summed E-state index contributed by atoms with van der Waals surface area (Å²) < 4.78 is 43.1. The largest absolute Gasteiger partial charge is 0.481 e. The Balaban J connectivity index is 1.68. The molecule has 1 saturated heterocycles. The molecule has 1 aliphatic rings. The van der Waals surface area contributed by atoms with Gasteiger partial charge in [0.2, 0.25) is 5.91 Å². The smallest absolute Gasteiger partial charge is 0.409 e. The molecule has 2 aromatic heterocycles. The number of anilines is 1. The van der Waals surface area contributed by atoms with Gasteiger partial charge in [0, 0.05) is 31.3 Å². The number of carbonyl (C=O) groups is 3. The predicted molar refractivity (Wildman–Crippen MR) is 133 cm³/mol. The lowest BCUT2D eigenvalue weighted by atomic mass is 10.0. The zero-order valence-electron chi connectivity index (χ0n) is 21.2. The minimum atomic E-state index is -1.15. The molecule has 202 valence electrons. The summed E-state index contributed by atoms with van der Waals surface area (Å²) >= 11 is 0. The highest BCUT2D eigenvalue weighted by Crippen LogP contribution is 2.33. The molecule has 10 nitrogen and oxygen atoms in total. The number of amides is 2. The molecule has 38 heavy (non-hydrogen) atoms. The Morgan fingerprint density at radius 2 is 1.97 bits per heavy atom. The van der Waals surface area contributed by atoms with Crippen LogP contribution in [-0.2, 0) is 25.5 Å². The number of nitrogens with one attached hydrogen (secondary N) is 1. The monoisotopic (exact) mass is 530 g/mol. The van der Waals surface area contributed by atoms with Crippen molar-refractivity contribution in [3.63, 3.8) is 0 Å². The van der Waals surface area contributed by atoms with E-state index in [4.69, 9.17) is 14.6 Å². The fourth-order valence-corrected chi connectivity index (χ4v) is 4.39. The van der Waals surface area contributed by atoms with Crippen molar-refractivity contribution in [1.29, 1.82) is 0 Å². The molecule has 0 spiro atoms. The maximum Gasteiger partial charge on any atom is 0.409 e. The van der Waals surface area contributed by atoms with E-state index in [9.17, 15) is 14.4 Å². The van der Waals surface area contributed by atoms with E-state index in [1.165, 1.54) is 18.9 Å². The number of morpholine rings is 1. The molecule has 1 aliphatic heterocycles. The van der Waals surface area contributed by atoms with E-state index in [1.54, 1.807) is 16.7 Å². The zero-order valence-corrected chi connectivity index (χ0v) is 21.2. The molecule has 2 amide bonds. The molecular weight excluding hydrogens is 502 g/mol. The van der Waals surface area contributed by atoms with E-state index in [1.807, 2.05) is 13.0 Å². The van der Waals surface area contributed by atoms with Crippen LogP contribution in [0.15, 0.2) is 30.5 Å². The predicted octanol–water partition coefficient (Wildman–Crippen LogP) is 3.65. The van der Waals surface area contributed by atoms with Gasteiger partial charge in [0.1, 0.15) is 17.3 Å². The fraction of sp³-hybridized carbons (Fsp3) is 0.385. The number of halogens is 2. The minimum absolute atomic E-state index is 0.0711. The lowest BCUT2D eigenvalue weighted by Crippen LogP contribution is -2.46. The first-order valence-corrected chi connectivity index (χ1v) is 12.0. The number of ether oxygens (including phenoxy) is 2. The molecule has 12 heteroatoms. The maximum atomic E-state index is 15.4. The summed E-state index contributed by atoms with van der Waals surface area (Å²) in [5.74, 6) is -4.69. The van der Waals surface area contributed by atoms with E-state index in [-0.39, 0.29) is 42.9 Å². The molecule has 1 fully saturated rings. The number of aromatic nitrogens is 2. The summed E-state index contributed by atoms with van der Waals surface area (Å²) in [4.78, 5) is 41.2. The first-order valence-electron chi connectivity index (χ1n) is 12.0. The number of pyridine rings is 1. The standard InChI is InChI=1S/C26H28F2N4O6/c1-14-4-5-32-20(12-17-13-31(6-7-38-17)26(36)37-3)24(30-21(32)8-14)23-18(27)10-16(11-19(23)28)29-22(33)9-15(2)25(34)35/h4-5,8,10-11,15,17H,6-7,9,12-13H2,1-3H3,(H,29,33)(H,34,35)/t15?,17-/m0/s1. The molecule has 1 unspecified atom stereocenters. The summed E-state index contributed by atoms with van der Waals surface area (Å²) in [6, 6.07) is 5.56. The van der Waals surface area contributed by atoms with Crippen molar-refractivity contribution >= 4 is 29.3 Å². The third-order valence-electron chi connectivity index (χ3n) is 6.35. The fourth-order valence-electron chi connectivity index (χ4n) is 4.39. The Bertz CT molecular complexity index is 1370. The number of carboxylic acid groups (broad SMARTS) is 1. The maximum absolute atomic E-state index is 15.4. The molecule has 0 saturated carbocycles. The molecule has 2 N–H and O–H groups in total. The minimum Gasteiger partial charge on any atom is -0.481 e. The molecule has 3 heterocycles. The van der Waals surface area contributed by atoms with Gasteiger partial charge in [-0.1, -0.05) is 6.92 Å². The highest BCUT2D eigenvalue weighted by molar-refractivity contribution is 5.93. The van der Waals surface area contributed by atoms with Crippen molar-refractivity contribution in [2.75, 3.05) is 32.1 Å². The second-order valence-electron chi connectivity index (χ2n) is 9.26. The van der Waals surface area contributed by atoms with E-state index in [0.717, 1.165) is 17.7 Å². The van der Waals surface area contributed by atoms with Crippen LogP contribution in [0.1, 0.15) is 24.6 Å². The molecular formula is C26H28F2N4O6. The second-order valence-corrected chi connectivity index (χ2v) is 9.26. The van der Waals surface area contributed by atoms with Crippen molar-refractivity contribution in [1.82, 2.24) is 14.3 Å². The summed E-state index contributed by atoms with van der Waals surface area (Å²) in [5, 5.41) is 11.3. The van der Waals surface area contributed by atoms with Crippen LogP contribution < -0.4 is 5.32 Å². The van der Waals surface area contributed by atoms with Crippen LogP contribution in [0, 0.1) is 24.5 Å². The van der Waals surface area contributed by atoms with Crippen LogP contribution in [0.3, 0.4) is 0 Å². The molecule has 4 rings (SSSR count). The number of fused-ring (bicyclic) bond motifs is 1. The first kappa shape index (κ1) is 27.0. The number of hydrogen-bond acceptors (Lipinski definition) is 6. The Labute approximate surface area is 217 Å². The number of carbonyl (C=O) groups excluding carboxylic acids is 2. The number of methoxy groups -OCH3 is 1. The summed E-state index contributed by atoms with van der Waals surface area (Å²) in [6.45, 7) is 4.11. The molecule has 0 radical (unpaired) electrons. The van der Waals surface area contributed by atoms with Gasteiger partial charge < -0.3 is 29.2 Å². The quantitative estimate of drug-likeness (QED) is 0.478. The first-order chi connectivity index (χ1) is 18.1. The van der Waals surface area contributed by atoms with Crippen LogP contribution in [0.25, 0.3) is 16.9 Å². The molecule has 0 aliphatic carbocycles. The zero-order chi connectivity index (χ0) is 27.6. The van der Waals surface area contributed by atoms with Crippen molar-refractivity contribution in [3.8, 4) is 11.3 Å². The number of hydrogen-bond donors (Lipinski definition) is 2. The average molecular weight is 531 g/mol. The van der Waals surface area contributed by atoms with Gasteiger partial charge in [-0.25, -0.2) is 18.6 Å². The number of benzene rings is 1. The van der Waals surface area contributed by atoms with Gasteiger partial charge >= 0.3 is 12.1 Å². The number of nitrogens with zero attached hydrogens (tertiary/aromatic N) is 3. The van der Waals surface area contributed by atoms with Gasteiger partial charge in [0.25, 0.3) is 0 Å². The Kier molecular flexibility index (Phi) is 7.91. The lowest BCUT2D eigenvalue weighted by Gasteiger charge is -2.32. The lowest BCUT2D eigenvalue weighted by molar-refractivity contribution is -0.142. The van der Waals surface area contributed by atoms with Gasteiger partial charge in [-0.2, -0.15) is 0 Å². The van der Waals surface area contributed by atoms with Gasteiger partial charge in [-0.15, -0.1) is 0 Å². The van der Waals surface area contributed by atoms with Crippen molar-refractivity contribution < 1.29 is 37.7 Å². The number of imidazole rings is 1. The average Bonchev–Trinajstić information content (AvgIpc) is 3.19.